The van der Waals surface area contributed by atoms with Gasteiger partial charge in [-0.3, -0.25) is 10.1 Å². The molecule has 5 nitrogen and oxygen atoms in total. The number of hydrogen-bond donors (Lipinski definition) is 0. The van der Waals surface area contributed by atoms with Gasteiger partial charge in [-0.05, 0) is 39.7 Å². The van der Waals surface area contributed by atoms with Gasteiger partial charge in [0.1, 0.15) is 23.9 Å². The molecule has 0 saturated heterocycles. The third-order valence-electron chi connectivity index (χ3n) is 2.69. The van der Waals surface area contributed by atoms with Crippen LogP contribution in [-0.4, -0.2) is 12.0 Å². The van der Waals surface area contributed by atoms with Crippen molar-refractivity contribution < 1.29 is 18.8 Å². The van der Waals surface area contributed by atoms with Gasteiger partial charge in [-0.2, -0.15) is 0 Å². The quantitative estimate of drug-likeness (QED) is 0.598. The molecule has 0 heterocycles. The lowest BCUT2D eigenvalue weighted by atomic mass is 10.2. The first kappa shape index (κ1) is 15.2. The number of nitrogens with zero attached hydrogens (tertiary/aromatic N) is 1. The van der Waals surface area contributed by atoms with Crippen LogP contribution in [0.1, 0.15) is 5.56 Å². The fourth-order valence-electron chi connectivity index (χ4n) is 1.68. The Labute approximate surface area is 128 Å². The lowest BCUT2D eigenvalue weighted by Crippen LogP contribution is -1.99. The fraction of sp³-hybridized carbons (Fsp3) is 0.143. The molecule has 0 fully saturated rings. The molecule has 0 unspecified atom stereocenters. The maximum Gasteiger partial charge on any atom is 0.273 e. The molecule has 2 rings (SSSR count). The van der Waals surface area contributed by atoms with Crippen LogP contribution in [0.2, 0.25) is 0 Å². The van der Waals surface area contributed by atoms with E-state index in [2.05, 4.69) is 15.9 Å². The van der Waals surface area contributed by atoms with E-state index in [9.17, 15) is 14.5 Å². The topological polar surface area (TPSA) is 61.6 Å². The van der Waals surface area contributed by atoms with E-state index in [-0.39, 0.29) is 12.3 Å². The molecule has 0 aromatic heterocycles. The summed E-state index contributed by atoms with van der Waals surface area (Å²) in [6, 6.07) is 8.70. The predicted molar refractivity (Wildman–Crippen MR) is 78.1 cm³/mol. The van der Waals surface area contributed by atoms with Crippen molar-refractivity contribution in [3.63, 3.8) is 0 Å². The zero-order valence-electron chi connectivity index (χ0n) is 11.0. The van der Waals surface area contributed by atoms with E-state index >= 15 is 0 Å². The molecule has 0 amide bonds. The molecule has 2 aromatic rings. The van der Waals surface area contributed by atoms with E-state index in [1.807, 2.05) is 0 Å². The summed E-state index contributed by atoms with van der Waals surface area (Å²) in [5, 5.41) is 10.8. The van der Waals surface area contributed by atoms with E-state index < -0.39 is 10.7 Å². The third-order valence-corrected chi connectivity index (χ3v) is 3.34. The second-order valence-corrected chi connectivity index (χ2v) is 5.02. The molecule has 21 heavy (non-hydrogen) atoms. The number of halogens is 2. The maximum absolute atomic E-state index is 13.4. The van der Waals surface area contributed by atoms with Crippen molar-refractivity contribution in [3.8, 4) is 11.5 Å². The van der Waals surface area contributed by atoms with E-state index in [0.29, 0.717) is 21.5 Å². The Morgan fingerprint density at radius 1 is 1.24 bits per heavy atom. The summed E-state index contributed by atoms with van der Waals surface area (Å²) in [6.07, 6.45) is 0. The van der Waals surface area contributed by atoms with Crippen LogP contribution < -0.4 is 9.47 Å². The highest BCUT2D eigenvalue weighted by atomic mass is 79.9. The summed E-state index contributed by atoms with van der Waals surface area (Å²) in [4.78, 5) is 10.3. The van der Waals surface area contributed by atoms with Crippen molar-refractivity contribution in [2.45, 2.75) is 6.61 Å². The second kappa shape index (κ2) is 6.53. The number of nitro groups is 1. The van der Waals surface area contributed by atoms with Gasteiger partial charge < -0.3 is 9.47 Å². The molecule has 2 aromatic carbocycles. The van der Waals surface area contributed by atoms with Crippen molar-refractivity contribution in [1.29, 1.82) is 0 Å². The monoisotopic (exact) mass is 355 g/mol. The molecule has 0 saturated carbocycles. The van der Waals surface area contributed by atoms with Crippen LogP contribution in [0.4, 0.5) is 10.1 Å². The van der Waals surface area contributed by atoms with Crippen molar-refractivity contribution in [1.82, 2.24) is 0 Å². The van der Waals surface area contributed by atoms with Crippen LogP contribution in [0, 0.1) is 15.9 Å². The SMILES string of the molecule is COc1cc(COc2ccc(Br)c(F)c2)cc([N+](=O)[O-])c1. The highest BCUT2D eigenvalue weighted by molar-refractivity contribution is 9.10. The lowest BCUT2D eigenvalue weighted by molar-refractivity contribution is -0.385. The maximum atomic E-state index is 13.4. The molecule has 110 valence electrons. The van der Waals surface area contributed by atoms with Gasteiger partial charge in [0.05, 0.1) is 22.6 Å². The smallest absolute Gasteiger partial charge is 0.273 e. The van der Waals surface area contributed by atoms with E-state index in [1.54, 1.807) is 12.1 Å². The van der Waals surface area contributed by atoms with Gasteiger partial charge in [-0.1, -0.05) is 0 Å². The summed E-state index contributed by atoms with van der Waals surface area (Å²) in [5.41, 5.74) is 0.472. The summed E-state index contributed by atoms with van der Waals surface area (Å²) in [5.74, 6) is 0.259. The first-order valence-corrected chi connectivity index (χ1v) is 6.69. The van der Waals surface area contributed by atoms with Gasteiger partial charge >= 0.3 is 0 Å². The van der Waals surface area contributed by atoms with Gasteiger partial charge in [0.15, 0.2) is 0 Å². The molecule has 0 radical (unpaired) electrons. The molecule has 7 heteroatoms. The summed E-state index contributed by atoms with van der Waals surface area (Å²) in [6.45, 7) is 0.0686. The lowest BCUT2D eigenvalue weighted by Gasteiger charge is -2.08. The number of benzene rings is 2. The summed E-state index contributed by atoms with van der Waals surface area (Å²) < 4.78 is 24.1. The first-order valence-electron chi connectivity index (χ1n) is 5.90. The van der Waals surface area contributed by atoms with Crippen molar-refractivity contribution in [2.75, 3.05) is 7.11 Å². The van der Waals surface area contributed by atoms with Crippen molar-refractivity contribution in [2.24, 2.45) is 0 Å². The Morgan fingerprint density at radius 2 is 2.00 bits per heavy atom. The number of ether oxygens (including phenoxy) is 2. The molecule has 0 aliphatic heterocycles. The molecule has 0 spiro atoms. The Morgan fingerprint density at radius 3 is 2.62 bits per heavy atom. The standard InChI is InChI=1S/C14H11BrFNO4/c1-20-12-5-9(4-10(6-12)17(18)19)8-21-11-2-3-13(15)14(16)7-11/h2-7H,8H2,1H3. The van der Waals surface area contributed by atoms with Gasteiger partial charge in [-0.15, -0.1) is 0 Å². The minimum absolute atomic E-state index is 0.0686. The highest BCUT2D eigenvalue weighted by Crippen LogP contribution is 2.25. The Kier molecular flexibility index (Phi) is 4.74. The molecule has 0 aliphatic carbocycles. The van der Waals surface area contributed by atoms with E-state index in [0.717, 1.165) is 0 Å². The molecule has 0 bridgehead atoms. The third kappa shape index (κ3) is 3.91. The first-order chi connectivity index (χ1) is 9.99. The molecule has 0 atom stereocenters. The van der Waals surface area contributed by atoms with Crippen LogP contribution in [0.15, 0.2) is 40.9 Å². The molecular weight excluding hydrogens is 345 g/mol. The highest BCUT2D eigenvalue weighted by Gasteiger charge is 2.11. The van der Waals surface area contributed by atoms with Crippen molar-refractivity contribution in [3.05, 3.63) is 62.4 Å². The second-order valence-electron chi connectivity index (χ2n) is 4.16. The van der Waals surface area contributed by atoms with Crippen LogP contribution in [0.25, 0.3) is 0 Å². The van der Waals surface area contributed by atoms with Gasteiger partial charge in [0.2, 0.25) is 0 Å². The van der Waals surface area contributed by atoms with Crippen LogP contribution in [0.3, 0.4) is 0 Å². The zero-order valence-corrected chi connectivity index (χ0v) is 12.6. The summed E-state index contributed by atoms with van der Waals surface area (Å²) >= 11 is 3.05. The minimum Gasteiger partial charge on any atom is -0.496 e. The molecule has 0 N–H and O–H groups in total. The summed E-state index contributed by atoms with van der Waals surface area (Å²) in [7, 11) is 1.42. The average Bonchev–Trinajstić information content (AvgIpc) is 2.48. The normalized spacial score (nSPS) is 10.2. The Bertz CT molecular complexity index is 678. The Balaban J connectivity index is 2.17. The van der Waals surface area contributed by atoms with Crippen LogP contribution in [0.5, 0.6) is 11.5 Å². The van der Waals surface area contributed by atoms with E-state index in [1.165, 1.54) is 31.4 Å². The van der Waals surface area contributed by atoms with Crippen LogP contribution in [-0.2, 0) is 6.61 Å². The van der Waals surface area contributed by atoms with Crippen LogP contribution >= 0.6 is 15.9 Å². The van der Waals surface area contributed by atoms with E-state index in [4.69, 9.17) is 9.47 Å². The number of rotatable bonds is 5. The minimum atomic E-state index is -0.509. The number of hydrogen-bond acceptors (Lipinski definition) is 4. The van der Waals surface area contributed by atoms with Gasteiger partial charge in [-0.25, -0.2) is 4.39 Å². The number of non-ortho nitro benzene ring substituents is 1. The van der Waals surface area contributed by atoms with Gasteiger partial charge in [0.25, 0.3) is 5.69 Å². The number of methoxy groups -OCH3 is 1. The Hall–Kier alpha value is -2.15. The van der Waals surface area contributed by atoms with Crippen molar-refractivity contribution >= 4 is 21.6 Å². The number of nitro benzene ring substituents is 1. The predicted octanol–water partition coefficient (Wildman–Crippen LogP) is 4.08. The zero-order chi connectivity index (χ0) is 15.4. The van der Waals surface area contributed by atoms with Gasteiger partial charge in [0, 0.05) is 12.1 Å². The molecular formula is C14H11BrFNO4. The fourth-order valence-corrected chi connectivity index (χ4v) is 1.93. The molecule has 0 aliphatic rings. The largest absolute Gasteiger partial charge is 0.496 e. The average molecular weight is 356 g/mol.